The zero-order valence-electron chi connectivity index (χ0n) is 4.64. The SMILES string of the molecule is Cc1[nH]ccc1OP. The predicted octanol–water partition coefficient (Wildman–Crippen LogP) is 1.49. The molecule has 0 aromatic carbocycles. The van der Waals surface area contributed by atoms with Gasteiger partial charge >= 0.3 is 0 Å². The number of H-pyrrole nitrogens is 1. The molecular weight excluding hydrogens is 121 g/mol. The van der Waals surface area contributed by atoms with Crippen LogP contribution in [0.2, 0.25) is 0 Å². The van der Waals surface area contributed by atoms with E-state index in [0.717, 1.165) is 11.4 Å². The van der Waals surface area contributed by atoms with Gasteiger partial charge < -0.3 is 9.51 Å². The molecule has 1 aromatic heterocycles. The molecule has 0 saturated heterocycles. The van der Waals surface area contributed by atoms with E-state index in [4.69, 9.17) is 4.52 Å². The van der Waals surface area contributed by atoms with Crippen molar-refractivity contribution in [3.05, 3.63) is 18.0 Å². The topological polar surface area (TPSA) is 25.0 Å². The van der Waals surface area contributed by atoms with E-state index in [1.165, 1.54) is 0 Å². The Balaban J connectivity index is 2.92. The van der Waals surface area contributed by atoms with Gasteiger partial charge in [-0.15, -0.1) is 0 Å². The Bertz CT molecular complexity index is 173. The number of aryl methyl sites for hydroxylation is 1. The van der Waals surface area contributed by atoms with Crippen molar-refractivity contribution in [1.29, 1.82) is 0 Å². The Labute approximate surface area is 50.5 Å². The summed E-state index contributed by atoms with van der Waals surface area (Å²) in [5.74, 6) is 0.884. The summed E-state index contributed by atoms with van der Waals surface area (Å²) in [6, 6.07) is 1.88. The summed E-state index contributed by atoms with van der Waals surface area (Å²) in [5, 5.41) is 0. The van der Waals surface area contributed by atoms with Gasteiger partial charge in [0.25, 0.3) is 0 Å². The maximum absolute atomic E-state index is 4.87. The molecule has 3 heteroatoms. The lowest BCUT2D eigenvalue weighted by Gasteiger charge is -1.92. The minimum absolute atomic E-state index is 0.884. The molecule has 1 heterocycles. The monoisotopic (exact) mass is 129 g/mol. The summed E-state index contributed by atoms with van der Waals surface area (Å²) in [6.07, 6.45) is 1.84. The first-order valence-corrected chi connectivity index (χ1v) is 2.82. The number of rotatable bonds is 1. The highest BCUT2D eigenvalue weighted by molar-refractivity contribution is 7.10. The second-order valence-corrected chi connectivity index (χ2v) is 1.82. The summed E-state index contributed by atoms with van der Waals surface area (Å²) in [7, 11) is 2.20. The summed E-state index contributed by atoms with van der Waals surface area (Å²) in [5.41, 5.74) is 1.06. The highest BCUT2D eigenvalue weighted by Crippen LogP contribution is 2.16. The molecule has 8 heavy (non-hydrogen) atoms. The van der Waals surface area contributed by atoms with E-state index in [0.29, 0.717) is 0 Å². The van der Waals surface area contributed by atoms with Crippen molar-refractivity contribution in [2.75, 3.05) is 0 Å². The van der Waals surface area contributed by atoms with E-state index in [1.54, 1.807) is 0 Å². The number of hydrogen-bond donors (Lipinski definition) is 1. The smallest absolute Gasteiger partial charge is 0.142 e. The van der Waals surface area contributed by atoms with Gasteiger partial charge in [0, 0.05) is 6.20 Å². The second-order valence-electron chi connectivity index (χ2n) is 1.58. The van der Waals surface area contributed by atoms with Crippen molar-refractivity contribution < 1.29 is 4.52 Å². The van der Waals surface area contributed by atoms with E-state index in [-0.39, 0.29) is 0 Å². The average molecular weight is 129 g/mol. The van der Waals surface area contributed by atoms with E-state index in [2.05, 4.69) is 14.5 Å². The summed E-state index contributed by atoms with van der Waals surface area (Å²) in [6.45, 7) is 1.96. The molecule has 0 saturated carbocycles. The van der Waals surface area contributed by atoms with Crippen LogP contribution in [0.3, 0.4) is 0 Å². The van der Waals surface area contributed by atoms with Crippen LogP contribution in [0, 0.1) is 6.92 Å². The van der Waals surface area contributed by atoms with E-state index in [1.807, 2.05) is 19.2 Å². The van der Waals surface area contributed by atoms with Gasteiger partial charge in [-0.05, 0) is 13.0 Å². The van der Waals surface area contributed by atoms with Gasteiger partial charge in [-0.25, -0.2) is 0 Å². The number of aromatic nitrogens is 1. The van der Waals surface area contributed by atoms with Crippen LogP contribution >= 0.6 is 9.47 Å². The fourth-order valence-corrected chi connectivity index (χ4v) is 0.821. The Hall–Kier alpha value is -0.490. The Morgan fingerprint density at radius 1 is 1.75 bits per heavy atom. The zero-order chi connectivity index (χ0) is 5.98. The highest BCUT2D eigenvalue weighted by atomic mass is 31.0. The largest absolute Gasteiger partial charge is 0.478 e. The number of aromatic amines is 1. The van der Waals surface area contributed by atoms with Gasteiger partial charge in [-0.2, -0.15) is 0 Å². The minimum atomic E-state index is 0.884. The van der Waals surface area contributed by atoms with Gasteiger partial charge in [0.2, 0.25) is 0 Å². The van der Waals surface area contributed by atoms with Crippen molar-refractivity contribution in [3.8, 4) is 5.75 Å². The Morgan fingerprint density at radius 3 is 2.75 bits per heavy atom. The van der Waals surface area contributed by atoms with E-state index < -0.39 is 0 Å². The quantitative estimate of drug-likeness (QED) is 0.571. The van der Waals surface area contributed by atoms with E-state index in [9.17, 15) is 0 Å². The van der Waals surface area contributed by atoms with Gasteiger partial charge in [-0.1, -0.05) is 0 Å². The third-order valence-electron chi connectivity index (χ3n) is 1.03. The lowest BCUT2D eigenvalue weighted by atomic mass is 10.4. The maximum Gasteiger partial charge on any atom is 0.142 e. The molecule has 0 aliphatic rings. The fourth-order valence-electron chi connectivity index (χ4n) is 0.566. The van der Waals surface area contributed by atoms with Crippen LogP contribution in [0.4, 0.5) is 0 Å². The molecule has 2 nitrogen and oxygen atoms in total. The molecule has 1 rings (SSSR count). The maximum atomic E-state index is 4.87. The molecule has 0 fully saturated rings. The van der Waals surface area contributed by atoms with Gasteiger partial charge in [0.15, 0.2) is 0 Å². The number of hydrogen-bond acceptors (Lipinski definition) is 1. The van der Waals surface area contributed by atoms with Gasteiger partial charge in [0.1, 0.15) is 5.75 Å². The standard InChI is InChI=1S/C5H8NOP/c1-4-5(7-8)2-3-6-4/h2-3,6H,8H2,1H3. The first kappa shape index (κ1) is 5.64. The van der Waals surface area contributed by atoms with Crippen LogP contribution in [-0.4, -0.2) is 4.98 Å². The first-order chi connectivity index (χ1) is 3.84. The van der Waals surface area contributed by atoms with Crippen molar-refractivity contribution in [3.63, 3.8) is 0 Å². The molecule has 1 N–H and O–H groups in total. The molecule has 0 aliphatic carbocycles. The van der Waals surface area contributed by atoms with Crippen LogP contribution in [0.25, 0.3) is 0 Å². The van der Waals surface area contributed by atoms with Crippen LogP contribution in [0.15, 0.2) is 12.3 Å². The summed E-state index contributed by atoms with van der Waals surface area (Å²) < 4.78 is 4.87. The normalized spacial score (nSPS) is 9.25. The van der Waals surface area contributed by atoms with Crippen molar-refractivity contribution in [2.24, 2.45) is 0 Å². The molecule has 0 amide bonds. The molecule has 1 aromatic rings. The van der Waals surface area contributed by atoms with Crippen LogP contribution in [0.1, 0.15) is 5.69 Å². The number of nitrogens with one attached hydrogen (secondary N) is 1. The molecule has 0 spiro atoms. The van der Waals surface area contributed by atoms with Crippen LogP contribution < -0.4 is 4.52 Å². The second kappa shape index (κ2) is 2.19. The molecule has 0 aliphatic heterocycles. The third kappa shape index (κ3) is 0.846. The zero-order valence-corrected chi connectivity index (χ0v) is 5.79. The fraction of sp³-hybridized carbons (Fsp3) is 0.200. The Morgan fingerprint density at radius 2 is 2.50 bits per heavy atom. The lowest BCUT2D eigenvalue weighted by Crippen LogP contribution is -1.72. The predicted molar refractivity (Wildman–Crippen MR) is 35.9 cm³/mol. The van der Waals surface area contributed by atoms with Crippen LogP contribution in [0.5, 0.6) is 5.75 Å². The van der Waals surface area contributed by atoms with Gasteiger partial charge in [0.05, 0.1) is 15.2 Å². The Kier molecular flexibility index (Phi) is 1.54. The molecule has 1 unspecified atom stereocenters. The highest BCUT2D eigenvalue weighted by Gasteiger charge is 1.93. The lowest BCUT2D eigenvalue weighted by molar-refractivity contribution is 0.640. The summed E-state index contributed by atoms with van der Waals surface area (Å²) in [4.78, 5) is 2.98. The average Bonchev–Trinajstić information content (AvgIpc) is 2.14. The van der Waals surface area contributed by atoms with Crippen molar-refractivity contribution in [1.82, 2.24) is 4.98 Å². The van der Waals surface area contributed by atoms with Crippen LogP contribution in [-0.2, 0) is 0 Å². The molecule has 0 bridgehead atoms. The first-order valence-electron chi connectivity index (χ1n) is 2.35. The van der Waals surface area contributed by atoms with Crippen molar-refractivity contribution in [2.45, 2.75) is 6.92 Å². The van der Waals surface area contributed by atoms with Crippen molar-refractivity contribution >= 4 is 9.47 Å². The third-order valence-corrected chi connectivity index (χ3v) is 1.29. The molecule has 44 valence electrons. The van der Waals surface area contributed by atoms with E-state index >= 15 is 0 Å². The molecule has 0 radical (unpaired) electrons. The molecule has 1 atom stereocenters. The minimum Gasteiger partial charge on any atom is -0.478 e. The van der Waals surface area contributed by atoms with Gasteiger partial charge in [-0.3, -0.25) is 0 Å². The summed E-state index contributed by atoms with van der Waals surface area (Å²) >= 11 is 0. The molecular formula is C5H8NOP.